The minimum Gasteiger partial charge on any atom is -0.310 e. The first-order valence-electron chi connectivity index (χ1n) is 9.37. The summed E-state index contributed by atoms with van der Waals surface area (Å²) in [7, 11) is 0. The van der Waals surface area contributed by atoms with Crippen molar-refractivity contribution in [2.45, 2.75) is 26.1 Å². The van der Waals surface area contributed by atoms with E-state index >= 15 is 0 Å². The molecule has 31 heavy (non-hydrogen) atoms. The molecule has 0 unspecified atom stereocenters. The van der Waals surface area contributed by atoms with Crippen LogP contribution in [0.25, 0.3) is 0 Å². The first-order valence-corrected chi connectivity index (χ1v) is 9.37. The molecular formula is C20H19F3N6O2. The quantitative estimate of drug-likeness (QED) is 0.781. The number of aromatic nitrogens is 2. The van der Waals surface area contributed by atoms with Gasteiger partial charge in [0.1, 0.15) is 24.1 Å². The van der Waals surface area contributed by atoms with Gasteiger partial charge in [0.05, 0.1) is 23.5 Å². The summed E-state index contributed by atoms with van der Waals surface area (Å²) in [5.74, 6) is -0.249. The van der Waals surface area contributed by atoms with Gasteiger partial charge in [-0.25, -0.2) is 14.8 Å². The van der Waals surface area contributed by atoms with Crippen molar-refractivity contribution in [2.24, 2.45) is 5.92 Å². The molecule has 0 radical (unpaired) electrons. The monoisotopic (exact) mass is 432 g/mol. The number of nitriles is 1. The van der Waals surface area contributed by atoms with Crippen LogP contribution in [0.5, 0.6) is 0 Å². The summed E-state index contributed by atoms with van der Waals surface area (Å²) < 4.78 is 38.3. The van der Waals surface area contributed by atoms with Gasteiger partial charge < -0.3 is 10.2 Å². The second-order valence-electron chi connectivity index (χ2n) is 7.32. The largest absolute Gasteiger partial charge is 0.433 e. The maximum atomic E-state index is 12.9. The molecule has 1 fully saturated rings. The van der Waals surface area contributed by atoms with Crippen LogP contribution in [0.4, 0.5) is 29.5 Å². The molecule has 162 valence electrons. The molecule has 1 aliphatic heterocycles. The van der Waals surface area contributed by atoms with Crippen LogP contribution in [-0.2, 0) is 11.0 Å². The first kappa shape index (κ1) is 22.0. The summed E-state index contributed by atoms with van der Waals surface area (Å²) in [5, 5.41) is 11.4. The van der Waals surface area contributed by atoms with Crippen LogP contribution in [0.15, 0.2) is 36.7 Å². The maximum absolute atomic E-state index is 12.9. The Morgan fingerprint density at radius 3 is 2.52 bits per heavy atom. The van der Waals surface area contributed by atoms with Crippen molar-refractivity contribution < 1.29 is 22.8 Å². The minimum atomic E-state index is -4.57. The van der Waals surface area contributed by atoms with Gasteiger partial charge in [0, 0.05) is 12.7 Å². The number of alkyl halides is 3. The minimum absolute atomic E-state index is 0.00260. The smallest absolute Gasteiger partial charge is 0.310 e. The average Bonchev–Trinajstić information content (AvgIpc) is 3.04. The van der Waals surface area contributed by atoms with E-state index in [0.717, 1.165) is 12.3 Å². The molecule has 1 atom stereocenters. The van der Waals surface area contributed by atoms with Crippen molar-refractivity contribution in [3.63, 3.8) is 0 Å². The number of hydrogen-bond donors (Lipinski definition) is 1. The van der Waals surface area contributed by atoms with Gasteiger partial charge in [-0.3, -0.25) is 9.69 Å². The van der Waals surface area contributed by atoms with Gasteiger partial charge in [-0.1, -0.05) is 13.8 Å². The number of nitrogens with one attached hydrogen (secondary N) is 1. The van der Waals surface area contributed by atoms with Crippen LogP contribution in [0.1, 0.15) is 25.1 Å². The number of urea groups is 1. The zero-order valence-electron chi connectivity index (χ0n) is 16.7. The predicted molar refractivity (Wildman–Crippen MR) is 105 cm³/mol. The Morgan fingerprint density at radius 1 is 1.26 bits per heavy atom. The van der Waals surface area contributed by atoms with E-state index in [-0.39, 0.29) is 36.6 Å². The third kappa shape index (κ3) is 4.91. The van der Waals surface area contributed by atoms with Gasteiger partial charge >= 0.3 is 12.2 Å². The number of carbonyl (C=O) groups is 2. The van der Waals surface area contributed by atoms with E-state index in [2.05, 4.69) is 15.3 Å². The Balaban J connectivity index is 1.74. The lowest BCUT2D eigenvalue weighted by Crippen LogP contribution is -2.42. The van der Waals surface area contributed by atoms with Crippen LogP contribution in [-0.4, -0.2) is 45.9 Å². The molecule has 0 spiro atoms. The van der Waals surface area contributed by atoms with Crippen LogP contribution in [0.3, 0.4) is 0 Å². The third-order valence-electron chi connectivity index (χ3n) is 4.84. The molecule has 8 nitrogen and oxygen atoms in total. The van der Waals surface area contributed by atoms with E-state index in [1.807, 2.05) is 19.9 Å². The molecule has 1 saturated heterocycles. The van der Waals surface area contributed by atoms with E-state index < -0.39 is 23.8 Å². The van der Waals surface area contributed by atoms with Crippen LogP contribution < -0.4 is 10.2 Å². The zero-order chi connectivity index (χ0) is 22.8. The van der Waals surface area contributed by atoms with Crippen LogP contribution in [0, 0.1) is 17.2 Å². The summed E-state index contributed by atoms with van der Waals surface area (Å²) in [4.78, 5) is 35.5. The van der Waals surface area contributed by atoms with Crippen molar-refractivity contribution in [1.29, 1.82) is 5.26 Å². The number of nitrogens with zero attached hydrogens (tertiary/aromatic N) is 5. The molecule has 2 aromatic heterocycles. The number of halogens is 3. The number of anilines is 2. The lowest BCUT2D eigenvalue weighted by molar-refractivity contribution is -0.141. The third-order valence-corrected chi connectivity index (χ3v) is 4.84. The van der Waals surface area contributed by atoms with Gasteiger partial charge in [-0.15, -0.1) is 0 Å². The van der Waals surface area contributed by atoms with E-state index in [1.165, 1.54) is 34.2 Å². The van der Waals surface area contributed by atoms with Gasteiger partial charge in [0.25, 0.3) is 0 Å². The zero-order valence-corrected chi connectivity index (χ0v) is 16.7. The van der Waals surface area contributed by atoms with Gasteiger partial charge in [-0.2, -0.15) is 18.4 Å². The number of hydrogen-bond acceptors (Lipinski definition) is 5. The lowest BCUT2D eigenvalue weighted by Gasteiger charge is -2.25. The van der Waals surface area contributed by atoms with E-state index in [0.29, 0.717) is 5.56 Å². The molecule has 1 aliphatic rings. The molecular weight excluding hydrogens is 413 g/mol. The summed E-state index contributed by atoms with van der Waals surface area (Å²) in [5.41, 5.74) is -0.483. The maximum Gasteiger partial charge on any atom is 0.433 e. The number of pyridine rings is 2. The van der Waals surface area contributed by atoms with Crippen molar-refractivity contribution in [2.75, 3.05) is 23.3 Å². The summed E-state index contributed by atoms with van der Waals surface area (Å²) in [6.07, 6.45) is -2.26. The first-order chi connectivity index (χ1) is 14.6. The second-order valence-corrected chi connectivity index (χ2v) is 7.32. The van der Waals surface area contributed by atoms with Crippen molar-refractivity contribution >= 4 is 23.4 Å². The molecule has 1 N–H and O–H groups in total. The summed E-state index contributed by atoms with van der Waals surface area (Å²) in [6.45, 7) is 3.74. The Kier molecular flexibility index (Phi) is 6.10. The van der Waals surface area contributed by atoms with Crippen LogP contribution >= 0.6 is 0 Å². The standard InChI is InChI=1S/C20H19F3N6O2/c1-12(2)15-10-28(14-4-5-16(25-9-14)20(21,22)23)19(31)29(15)11-18(30)27-17-6-3-13(7-24)8-26-17/h3-6,8-9,12,15H,10-11H2,1-2H3,(H,26,27,30)/t15-/m1/s1. The van der Waals surface area contributed by atoms with Crippen molar-refractivity contribution in [3.05, 3.63) is 47.9 Å². The number of rotatable bonds is 5. The Hall–Kier alpha value is -3.68. The Labute approximate surface area is 176 Å². The normalized spacial score (nSPS) is 16.5. The van der Waals surface area contributed by atoms with Gasteiger partial charge in [0.15, 0.2) is 0 Å². The topological polar surface area (TPSA) is 102 Å². The lowest BCUT2D eigenvalue weighted by atomic mass is 10.0. The molecule has 2 aromatic rings. The SMILES string of the molecule is CC(C)[C@H]1CN(c2ccc(C(F)(F)F)nc2)C(=O)N1CC(=O)Nc1ccc(C#N)cn1. The number of carbonyl (C=O) groups excluding carboxylic acids is 2. The summed E-state index contributed by atoms with van der Waals surface area (Å²) >= 11 is 0. The molecule has 3 amide bonds. The predicted octanol–water partition coefficient (Wildman–Crippen LogP) is 3.27. The van der Waals surface area contributed by atoms with Gasteiger partial charge in [-0.05, 0) is 30.2 Å². The highest BCUT2D eigenvalue weighted by Crippen LogP contribution is 2.31. The van der Waals surface area contributed by atoms with Crippen LogP contribution in [0.2, 0.25) is 0 Å². The van der Waals surface area contributed by atoms with E-state index in [1.54, 1.807) is 0 Å². The van der Waals surface area contributed by atoms with Crippen molar-refractivity contribution in [1.82, 2.24) is 14.9 Å². The molecule has 0 aromatic carbocycles. The molecule has 11 heteroatoms. The highest BCUT2D eigenvalue weighted by molar-refractivity contribution is 5.99. The fourth-order valence-electron chi connectivity index (χ4n) is 3.22. The highest BCUT2D eigenvalue weighted by atomic mass is 19.4. The molecule has 0 bridgehead atoms. The van der Waals surface area contributed by atoms with Crippen molar-refractivity contribution in [3.8, 4) is 6.07 Å². The fraction of sp³-hybridized carbons (Fsp3) is 0.350. The van der Waals surface area contributed by atoms with Gasteiger partial charge in [0.2, 0.25) is 5.91 Å². The number of amides is 3. The molecule has 3 rings (SSSR count). The fourth-order valence-corrected chi connectivity index (χ4v) is 3.22. The van der Waals surface area contributed by atoms with E-state index in [4.69, 9.17) is 5.26 Å². The Morgan fingerprint density at radius 2 is 2.00 bits per heavy atom. The molecule has 0 saturated carbocycles. The average molecular weight is 432 g/mol. The highest BCUT2D eigenvalue weighted by Gasteiger charge is 2.41. The Bertz CT molecular complexity index is 1000. The molecule has 3 heterocycles. The van der Waals surface area contributed by atoms with E-state index in [9.17, 15) is 22.8 Å². The summed E-state index contributed by atoms with van der Waals surface area (Å²) in [6, 6.07) is 6.08. The molecule has 0 aliphatic carbocycles. The second kappa shape index (κ2) is 8.59.